The zero-order valence-corrected chi connectivity index (χ0v) is 13.2. The van der Waals surface area contributed by atoms with Crippen molar-refractivity contribution in [1.82, 2.24) is 15.5 Å². The summed E-state index contributed by atoms with van der Waals surface area (Å²) < 4.78 is 10.5. The SMILES string of the molecule is Cc1ccc(OCC(=O)NCc2nc(-c3ccccc3)no2)cc1. The van der Waals surface area contributed by atoms with Crippen molar-refractivity contribution in [2.24, 2.45) is 0 Å². The van der Waals surface area contributed by atoms with Gasteiger partial charge in [0.25, 0.3) is 5.91 Å². The second kappa shape index (κ2) is 7.41. The first-order chi connectivity index (χ1) is 11.7. The Balaban J connectivity index is 1.48. The summed E-state index contributed by atoms with van der Waals surface area (Å²) in [4.78, 5) is 16.1. The van der Waals surface area contributed by atoms with Gasteiger partial charge in [-0.05, 0) is 19.1 Å². The van der Waals surface area contributed by atoms with Gasteiger partial charge in [0, 0.05) is 5.56 Å². The summed E-state index contributed by atoms with van der Waals surface area (Å²) in [6.45, 7) is 2.09. The van der Waals surface area contributed by atoms with E-state index in [1.807, 2.05) is 61.5 Å². The predicted octanol–water partition coefficient (Wildman–Crippen LogP) is 2.74. The van der Waals surface area contributed by atoms with Crippen LogP contribution < -0.4 is 10.1 Å². The molecule has 3 aromatic rings. The number of amides is 1. The van der Waals surface area contributed by atoms with Gasteiger partial charge in [0.15, 0.2) is 6.61 Å². The van der Waals surface area contributed by atoms with Crippen molar-refractivity contribution in [3.05, 3.63) is 66.1 Å². The Kier molecular flexibility index (Phi) is 4.86. The van der Waals surface area contributed by atoms with Gasteiger partial charge in [-0.3, -0.25) is 4.79 Å². The maximum Gasteiger partial charge on any atom is 0.258 e. The van der Waals surface area contributed by atoms with E-state index >= 15 is 0 Å². The molecule has 1 aromatic heterocycles. The van der Waals surface area contributed by atoms with Gasteiger partial charge in [-0.25, -0.2) is 0 Å². The first kappa shape index (κ1) is 15.7. The maximum atomic E-state index is 11.8. The molecule has 2 aromatic carbocycles. The molecular weight excluding hydrogens is 306 g/mol. The van der Waals surface area contributed by atoms with Gasteiger partial charge in [-0.2, -0.15) is 4.98 Å². The molecule has 0 aliphatic rings. The Morgan fingerprint density at radius 3 is 2.62 bits per heavy atom. The summed E-state index contributed by atoms with van der Waals surface area (Å²) >= 11 is 0. The summed E-state index contributed by atoms with van der Waals surface area (Å²) in [5.74, 6) is 1.24. The highest BCUT2D eigenvalue weighted by Gasteiger charge is 2.10. The number of carbonyl (C=O) groups excluding carboxylic acids is 1. The Hall–Kier alpha value is -3.15. The molecule has 0 saturated heterocycles. The fraction of sp³-hybridized carbons (Fsp3) is 0.167. The number of hydrogen-bond donors (Lipinski definition) is 1. The van der Waals surface area contributed by atoms with Gasteiger partial charge in [0.1, 0.15) is 5.75 Å². The van der Waals surface area contributed by atoms with Crippen LogP contribution in [-0.2, 0) is 11.3 Å². The largest absolute Gasteiger partial charge is 0.484 e. The lowest BCUT2D eigenvalue weighted by Crippen LogP contribution is -2.28. The van der Waals surface area contributed by atoms with E-state index in [0.29, 0.717) is 17.5 Å². The maximum absolute atomic E-state index is 11.8. The number of hydrogen-bond acceptors (Lipinski definition) is 5. The zero-order valence-electron chi connectivity index (χ0n) is 13.2. The van der Waals surface area contributed by atoms with Crippen LogP contribution in [0, 0.1) is 6.92 Å². The van der Waals surface area contributed by atoms with E-state index in [-0.39, 0.29) is 19.1 Å². The normalized spacial score (nSPS) is 10.4. The van der Waals surface area contributed by atoms with E-state index < -0.39 is 0 Å². The monoisotopic (exact) mass is 323 g/mol. The molecule has 0 aliphatic heterocycles. The van der Waals surface area contributed by atoms with Crippen molar-refractivity contribution in [3.8, 4) is 17.1 Å². The van der Waals surface area contributed by atoms with Crippen molar-refractivity contribution in [2.75, 3.05) is 6.61 Å². The van der Waals surface area contributed by atoms with Gasteiger partial charge < -0.3 is 14.6 Å². The van der Waals surface area contributed by atoms with Crippen molar-refractivity contribution in [2.45, 2.75) is 13.5 Å². The minimum atomic E-state index is -0.255. The molecule has 24 heavy (non-hydrogen) atoms. The Bertz CT molecular complexity index is 798. The summed E-state index contributed by atoms with van der Waals surface area (Å²) in [5, 5.41) is 6.58. The van der Waals surface area contributed by atoms with Gasteiger partial charge in [-0.1, -0.05) is 53.2 Å². The van der Waals surface area contributed by atoms with Gasteiger partial charge >= 0.3 is 0 Å². The van der Waals surface area contributed by atoms with Gasteiger partial charge in [0.05, 0.1) is 6.54 Å². The molecule has 0 saturated carbocycles. The number of aryl methyl sites for hydroxylation is 1. The first-order valence-electron chi connectivity index (χ1n) is 7.55. The highest BCUT2D eigenvalue weighted by atomic mass is 16.5. The van der Waals surface area contributed by atoms with E-state index in [2.05, 4.69) is 15.5 Å². The molecule has 122 valence electrons. The Morgan fingerprint density at radius 1 is 1.12 bits per heavy atom. The fourth-order valence-corrected chi connectivity index (χ4v) is 2.04. The fourth-order valence-electron chi connectivity index (χ4n) is 2.04. The minimum absolute atomic E-state index is 0.0667. The molecule has 3 rings (SSSR count). The molecule has 0 bridgehead atoms. The van der Waals surface area contributed by atoms with E-state index in [9.17, 15) is 4.79 Å². The molecule has 1 N–H and O–H groups in total. The first-order valence-corrected chi connectivity index (χ1v) is 7.55. The molecule has 1 amide bonds. The Labute approximate surface area is 139 Å². The van der Waals surface area contributed by atoms with Crippen molar-refractivity contribution >= 4 is 5.91 Å². The molecular formula is C18H17N3O3. The van der Waals surface area contributed by atoms with E-state index in [0.717, 1.165) is 11.1 Å². The van der Waals surface area contributed by atoms with Crippen LogP contribution in [0.2, 0.25) is 0 Å². The van der Waals surface area contributed by atoms with Crippen molar-refractivity contribution < 1.29 is 14.1 Å². The van der Waals surface area contributed by atoms with E-state index in [1.54, 1.807) is 0 Å². The quantitative estimate of drug-likeness (QED) is 0.755. The van der Waals surface area contributed by atoms with Crippen LogP contribution in [0.5, 0.6) is 5.75 Å². The topological polar surface area (TPSA) is 77.2 Å². The number of nitrogens with one attached hydrogen (secondary N) is 1. The lowest BCUT2D eigenvalue weighted by Gasteiger charge is -2.06. The number of carbonyl (C=O) groups is 1. The van der Waals surface area contributed by atoms with Crippen LogP contribution in [0.4, 0.5) is 0 Å². The molecule has 0 aliphatic carbocycles. The van der Waals surface area contributed by atoms with Crippen LogP contribution in [0.3, 0.4) is 0 Å². The zero-order chi connectivity index (χ0) is 16.8. The van der Waals surface area contributed by atoms with Crippen LogP contribution in [0.25, 0.3) is 11.4 Å². The lowest BCUT2D eigenvalue weighted by atomic mass is 10.2. The van der Waals surface area contributed by atoms with Crippen LogP contribution in [0.1, 0.15) is 11.5 Å². The third-order valence-electron chi connectivity index (χ3n) is 3.33. The molecule has 0 unspecified atom stereocenters. The van der Waals surface area contributed by atoms with Gasteiger partial charge in [-0.15, -0.1) is 0 Å². The number of rotatable bonds is 6. The molecule has 0 fully saturated rings. The van der Waals surface area contributed by atoms with Crippen LogP contribution in [0.15, 0.2) is 59.1 Å². The van der Waals surface area contributed by atoms with Crippen molar-refractivity contribution in [3.63, 3.8) is 0 Å². The molecule has 0 atom stereocenters. The molecule has 0 radical (unpaired) electrons. The van der Waals surface area contributed by atoms with E-state index in [4.69, 9.17) is 9.26 Å². The number of aromatic nitrogens is 2. The second-order valence-corrected chi connectivity index (χ2v) is 5.26. The van der Waals surface area contributed by atoms with Crippen LogP contribution >= 0.6 is 0 Å². The standard InChI is InChI=1S/C18H17N3O3/c1-13-7-9-15(10-8-13)23-12-16(22)19-11-17-20-18(21-24-17)14-5-3-2-4-6-14/h2-10H,11-12H2,1H3,(H,19,22). The number of nitrogens with zero attached hydrogens (tertiary/aromatic N) is 2. The summed E-state index contributed by atoms with van der Waals surface area (Å²) in [6.07, 6.45) is 0. The third-order valence-corrected chi connectivity index (χ3v) is 3.33. The van der Waals surface area contributed by atoms with Crippen LogP contribution in [-0.4, -0.2) is 22.7 Å². The number of benzene rings is 2. The summed E-state index contributed by atoms with van der Waals surface area (Å²) in [6, 6.07) is 17.0. The third kappa shape index (κ3) is 4.19. The lowest BCUT2D eigenvalue weighted by molar-refractivity contribution is -0.123. The molecule has 1 heterocycles. The Morgan fingerprint density at radius 2 is 1.88 bits per heavy atom. The van der Waals surface area contributed by atoms with E-state index in [1.165, 1.54) is 0 Å². The minimum Gasteiger partial charge on any atom is -0.484 e. The average Bonchev–Trinajstić information content (AvgIpc) is 3.09. The second-order valence-electron chi connectivity index (χ2n) is 5.26. The molecule has 0 spiro atoms. The summed E-state index contributed by atoms with van der Waals surface area (Å²) in [7, 11) is 0. The highest BCUT2D eigenvalue weighted by molar-refractivity contribution is 5.77. The molecule has 6 nitrogen and oxygen atoms in total. The van der Waals surface area contributed by atoms with Gasteiger partial charge in [0.2, 0.25) is 11.7 Å². The number of ether oxygens (including phenoxy) is 1. The average molecular weight is 323 g/mol. The van der Waals surface area contributed by atoms with Crippen molar-refractivity contribution in [1.29, 1.82) is 0 Å². The highest BCUT2D eigenvalue weighted by Crippen LogP contribution is 2.14. The summed E-state index contributed by atoms with van der Waals surface area (Å²) in [5.41, 5.74) is 2.00. The smallest absolute Gasteiger partial charge is 0.258 e. The predicted molar refractivity (Wildman–Crippen MR) is 88.3 cm³/mol. The molecule has 6 heteroatoms.